The number of aryl methyl sites for hydroxylation is 1. The molecule has 6 heteroatoms. The van der Waals surface area contributed by atoms with Gasteiger partial charge in [-0.1, -0.05) is 12.2 Å². The highest BCUT2D eigenvalue weighted by Crippen LogP contribution is 2.35. The minimum atomic E-state index is 0.231. The van der Waals surface area contributed by atoms with Gasteiger partial charge in [0.15, 0.2) is 11.5 Å². The van der Waals surface area contributed by atoms with E-state index in [2.05, 4.69) is 9.97 Å². The van der Waals surface area contributed by atoms with Gasteiger partial charge in [-0.15, -0.1) is 0 Å². The molecule has 1 aliphatic rings. The van der Waals surface area contributed by atoms with Gasteiger partial charge >= 0.3 is 0 Å². The van der Waals surface area contributed by atoms with E-state index in [1.54, 1.807) is 6.92 Å². The molecule has 0 saturated heterocycles. The van der Waals surface area contributed by atoms with Crippen molar-refractivity contribution in [3.05, 3.63) is 34.1 Å². The van der Waals surface area contributed by atoms with Crippen molar-refractivity contribution >= 4 is 12.2 Å². The fourth-order valence-electron chi connectivity index (χ4n) is 1.90. The second-order valence-corrected chi connectivity index (χ2v) is 4.46. The van der Waals surface area contributed by atoms with Crippen LogP contribution in [0.3, 0.4) is 0 Å². The average Bonchev–Trinajstić information content (AvgIpc) is 2.85. The molecule has 0 bridgehead atoms. The van der Waals surface area contributed by atoms with Gasteiger partial charge in [-0.3, -0.25) is 0 Å². The number of aromatic nitrogens is 2. The molecule has 0 atom stereocenters. The Bertz CT molecular complexity index is 761. The molecular formula is C13H9N3O2S. The lowest BCUT2D eigenvalue weighted by Crippen LogP contribution is -1.97. The monoisotopic (exact) mass is 271 g/mol. The van der Waals surface area contributed by atoms with Crippen molar-refractivity contribution in [3.63, 3.8) is 0 Å². The van der Waals surface area contributed by atoms with Crippen molar-refractivity contribution in [2.45, 2.75) is 6.92 Å². The molecule has 0 amide bonds. The summed E-state index contributed by atoms with van der Waals surface area (Å²) in [5.74, 6) is 2.01. The number of ether oxygens (including phenoxy) is 2. The Kier molecular flexibility index (Phi) is 2.69. The Labute approximate surface area is 114 Å². The topological polar surface area (TPSA) is 70.9 Å². The molecule has 19 heavy (non-hydrogen) atoms. The van der Waals surface area contributed by atoms with Gasteiger partial charge in [0.2, 0.25) is 6.79 Å². The van der Waals surface area contributed by atoms with Crippen LogP contribution in [-0.2, 0) is 0 Å². The average molecular weight is 271 g/mol. The van der Waals surface area contributed by atoms with Crippen molar-refractivity contribution in [3.8, 4) is 29.0 Å². The molecule has 1 N–H and O–H groups in total. The zero-order valence-corrected chi connectivity index (χ0v) is 10.9. The number of fused-ring (bicyclic) bond motifs is 1. The zero-order valence-electron chi connectivity index (χ0n) is 10.1. The Hall–Kier alpha value is -2.39. The van der Waals surface area contributed by atoms with Crippen molar-refractivity contribution < 1.29 is 9.47 Å². The van der Waals surface area contributed by atoms with Gasteiger partial charge in [0.1, 0.15) is 22.1 Å². The van der Waals surface area contributed by atoms with E-state index < -0.39 is 0 Å². The van der Waals surface area contributed by atoms with E-state index in [1.807, 2.05) is 24.3 Å². The van der Waals surface area contributed by atoms with Gasteiger partial charge in [-0.2, -0.15) is 5.26 Å². The molecule has 0 aliphatic carbocycles. The van der Waals surface area contributed by atoms with E-state index in [0.29, 0.717) is 33.2 Å². The Morgan fingerprint density at radius 3 is 2.89 bits per heavy atom. The maximum absolute atomic E-state index is 8.97. The summed E-state index contributed by atoms with van der Waals surface area (Å²) in [6.45, 7) is 2.03. The molecule has 0 spiro atoms. The first-order valence-corrected chi connectivity index (χ1v) is 6.01. The van der Waals surface area contributed by atoms with E-state index in [4.69, 9.17) is 27.0 Å². The smallest absolute Gasteiger partial charge is 0.231 e. The van der Waals surface area contributed by atoms with Gasteiger partial charge < -0.3 is 14.5 Å². The number of nitrogens with zero attached hydrogens (tertiary/aromatic N) is 2. The second kappa shape index (κ2) is 4.37. The van der Waals surface area contributed by atoms with Crippen LogP contribution in [0.5, 0.6) is 11.5 Å². The van der Waals surface area contributed by atoms with Gasteiger partial charge in [-0.05, 0) is 25.1 Å². The molecule has 1 aromatic heterocycles. The van der Waals surface area contributed by atoms with Crippen LogP contribution in [0.15, 0.2) is 18.2 Å². The summed E-state index contributed by atoms with van der Waals surface area (Å²) in [7, 11) is 0. The number of nitriles is 1. The van der Waals surface area contributed by atoms with Gasteiger partial charge in [0.25, 0.3) is 0 Å². The summed E-state index contributed by atoms with van der Waals surface area (Å²) < 4.78 is 10.9. The molecule has 1 aliphatic heterocycles. The zero-order chi connectivity index (χ0) is 13.4. The lowest BCUT2D eigenvalue weighted by Gasteiger charge is -2.05. The fraction of sp³-hybridized carbons (Fsp3) is 0.154. The number of hydrogen-bond acceptors (Lipinski definition) is 5. The molecule has 1 aromatic carbocycles. The van der Waals surface area contributed by atoms with Crippen molar-refractivity contribution in [1.82, 2.24) is 9.97 Å². The summed E-state index contributed by atoms with van der Waals surface area (Å²) in [6.07, 6.45) is 0. The number of nitrogens with one attached hydrogen (secondary N) is 1. The molecule has 2 aromatic rings. The highest BCUT2D eigenvalue weighted by molar-refractivity contribution is 7.71. The van der Waals surface area contributed by atoms with E-state index in [-0.39, 0.29) is 6.79 Å². The summed E-state index contributed by atoms with van der Waals surface area (Å²) in [5, 5.41) is 8.97. The highest BCUT2D eigenvalue weighted by Gasteiger charge is 2.15. The van der Waals surface area contributed by atoms with Crippen LogP contribution < -0.4 is 9.47 Å². The number of H-pyrrole nitrogens is 1. The van der Waals surface area contributed by atoms with Crippen LogP contribution in [0.25, 0.3) is 11.4 Å². The van der Waals surface area contributed by atoms with Gasteiger partial charge in [0.05, 0.1) is 0 Å². The van der Waals surface area contributed by atoms with Crippen LogP contribution in [0, 0.1) is 22.9 Å². The molecule has 0 radical (unpaired) electrons. The van der Waals surface area contributed by atoms with Crippen molar-refractivity contribution in [1.29, 1.82) is 5.26 Å². The minimum absolute atomic E-state index is 0.231. The SMILES string of the molecule is Cc1[nH]c(-c2ccc3c(c2)OCO3)nc(=S)c1C#N. The second-order valence-electron chi connectivity index (χ2n) is 4.07. The predicted octanol–water partition coefficient (Wildman–Crippen LogP) is 2.71. The maximum Gasteiger partial charge on any atom is 0.231 e. The largest absolute Gasteiger partial charge is 0.454 e. The molecule has 0 unspecified atom stereocenters. The van der Waals surface area contributed by atoms with Gasteiger partial charge in [0, 0.05) is 11.3 Å². The first kappa shape index (κ1) is 11.7. The fourth-order valence-corrected chi connectivity index (χ4v) is 2.19. The number of aromatic amines is 1. The Morgan fingerprint density at radius 2 is 2.16 bits per heavy atom. The first-order chi connectivity index (χ1) is 9.19. The van der Waals surface area contributed by atoms with E-state index in [1.165, 1.54) is 0 Å². The van der Waals surface area contributed by atoms with Crippen LogP contribution in [-0.4, -0.2) is 16.8 Å². The standard InChI is InChI=1S/C13H9N3O2S/c1-7-9(5-14)13(19)16-12(15-7)8-2-3-10-11(4-8)18-6-17-10/h2-4H,6H2,1H3,(H,15,16,19). The van der Waals surface area contributed by atoms with Crippen LogP contribution in [0.4, 0.5) is 0 Å². The third-order valence-corrected chi connectivity index (χ3v) is 3.16. The maximum atomic E-state index is 8.97. The van der Waals surface area contributed by atoms with Crippen LogP contribution >= 0.6 is 12.2 Å². The molecule has 0 fully saturated rings. The first-order valence-electron chi connectivity index (χ1n) is 5.60. The summed E-state index contributed by atoms with van der Waals surface area (Å²) in [5.41, 5.74) is 1.94. The summed E-state index contributed by atoms with van der Waals surface area (Å²) in [4.78, 5) is 7.32. The molecule has 0 saturated carbocycles. The number of benzene rings is 1. The summed E-state index contributed by atoms with van der Waals surface area (Å²) in [6, 6.07) is 7.57. The van der Waals surface area contributed by atoms with Crippen molar-refractivity contribution in [2.24, 2.45) is 0 Å². The Morgan fingerprint density at radius 1 is 1.37 bits per heavy atom. The van der Waals surface area contributed by atoms with Crippen LogP contribution in [0.1, 0.15) is 11.3 Å². The van der Waals surface area contributed by atoms with Gasteiger partial charge in [-0.25, -0.2) is 4.98 Å². The number of rotatable bonds is 1. The third-order valence-electron chi connectivity index (χ3n) is 2.87. The van der Waals surface area contributed by atoms with Crippen molar-refractivity contribution in [2.75, 3.05) is 6.79 Å². The van der Waals surface area contributed by atoms with E-state index >= 15 is 0 Å². The van der Waals surface area contributed by atoms with E-state index in [0.717, 1.165) is 5.56 Å². The molecular weight excluding hydrogens is 262 g/mol. The molecule has 94 valence electrons. The quantitative estimate of drug-likeness (QED) is 0.807. The molecule has 3 rings (SSSR count). The highest BCUT2D eigenvalue weighted by atomic mass is 32.1. The summed E-state index contributed by atoms with van der Waals surface area (Å²) >= 11 is 5.12. The predicted molar refractivity (Wildman–Crippen MR) is 70.4 cm³/mol. The molecule has 5 nitrogen and oxygen atoms in total. The van der Waals surface area contributed by atoms with Crippen LogP contribution in [0.2, 0.25) is 0 Å². The lowest BCUT2D eigenvalue weighted by molar-refractivity contribution is 0.174. The molecule has 2 heterocycles. The lowest BCUT2D eigenvalue weighted by atomic mass is 10.1. The van der Waals surface area contributed by atoms with E-state index in [9.17, 15) is 0 Å². The Balaban J connectivity index is 2.13. The normalized spacial score (nSPS) is 12.2. The third kappa shape index (κ3) is 1.94. The minimum Gasteiger partial charge on any atom is -0.454 e. The number of hydrogen-bond donors (Lipinski definition) is 1.